The number of rotatable bonds is 11. The van der Waals surface area contributed by atoms with Crippen LogP contribution < -0.4 is 15.1 Å². The normalized spacial score (nSPS) is 11.3. The van der Waals surface area contributed by atoms with Crippen LogP contribution in [-0.2, 0) is 13.1 Å². The molecule has 11 aromatic rings. The van der Waals surface area contributed by atoms with Crippen LogP contribution in [0.1, 0.15) is 12.5 Å². The van der Waals surface area contributed by atoms with Gasteiger partial charge in [-0.25, -0.2) is 0 Å². The second kappa shape index (κ2) is 16.7. The average Bonchev–Trinajstić information content (AvgIpc) is 3.85. The molecule has 0 aliphatic rings. The number of nitrogens with one attached hydrogen (secondary N) is 1. The van der Waals surface area contributed by atoms with E-state index in [1.54, 1.807) is 0 Å². The van der Waals surface area contributed by atoms with Gasteiger partial charge in [-0.3, -0.25) is 0 Å². The molecule has 5 nitrogen and oxygen atoms in total. The largest absolute Gasteiger partial charge is 0.355 e. The molecule has 0 radical (unpaired) electrons. The lowest BCUT2D eigenvalue weighted by Crippen LogP contribution is -2.11. The van der Waals surface area contributed by atoms with Crippen molar-refractivity contribution in [3.05, 3.63) is 218 Å². The molecule has 0 fully saturated rings. The first-order valence-electron chi connectivity index (χ1n) is 22.3. The number of hydrogen-bond acceptors (Lipinski definition) is 3. The summed E-state index contributed by atoms with van der Waals surface area (Å²) in [5.41, 5.74) is 16.6. The fourth-order valence-electron chi connectivity index (χ4n) is 9.73. The fourth-order valence-corrected chi connectivity index (χ4v) is 9.73. The Morgan fingerprint density at radius 1 is 0.431 bits per heavy atom. The van der Waals surface area contributed by atoms with Crippen LogP contribution in [0.15, 0.2) is 212 Å². The average molecular weight is 838 g/mol. The predicted octanol–water partition coefficient (Wildman–Crippen LogP) is 16.2. The lowest BCUT2D eigenvalue weighted by molar-refractivity contribution is 0.827. The number of para-hydroxylation sites is 5. The van der Waals surface area contributed by atoms with Crippen LogP contribution in [0.25, 0.3) is 54.7 Å². The van der Waals surface area contributed by atoms with Gasteiger partial charge in [0.1, 0.15) is 0 Å². The molecule has 0 saturated heterocycles. The van der Waals surface area contributed by atoms with Crippen LogP contribution in [0.4, 0.5) is 45.5 Å². The Hall–Kier alpha value is -8.46. The van der Waals surface area contributed by atoms with Crippen molar-refractivity contribution in [3.63, 3.8) is 0 Å². The number of aromatic nitrogens is 2. The zero-order valence-corrected chi connectivity index (χ0v) is 36.5. The van der Waals surface area contributed by atoms with Crippen molar-refractivity contribution < 1.29 is 0 Å². The molecule has 2 heterocycles. The Bertz CT molecular complexity index is 3560. The SMILES string of the molecule is C#CCn1c2ccccc2c2cc(N(c3ccccc3)c3ccc(Nc4ccccc4)c(-c4cc(N(c5ccccc5)c5ccc6c(c5)c5ccccc5n6CC)ccc4C)c3)ccc21. The van der Waals surface area contributed by atoms with Gasteiger partial charge in [0.05, 0.1) is 12.1 Å². The van der Waals surface area contributed by atoms with E-state index >= 15 is 0 Å². The summed E-state index contributed by atoms with van der Waals surface area (Å²) in [5.74, 6) is 2.88. The first-order valence-corrected chi connectivity index (χ1v) is 22.3. The predicted molar refractivity (Wildman–Crippen MR) is 276 cm³/mol. The topological polar surface area (TPSA) is 28.4 Å². The number of nitrogens with zero attached hydrogens (tertiary/aromatic N) is 4. The van der Waals surface area contributed by atoms with Crippen molar-refractivity contribution in [2.24, 2.45) is 0 Å². The molecule has 0 aliphatic heterocycles. The second-order valence-corrected chi connectivity index (χ2v) is 16.5. The van der Waals surface area contributed by atoms with Crippen LogP contribution in [-0.4, -0.2) is 9.13 Å². The van der Waals surface area contributed by atoms with E-state index in [0.29, 0.717) is 6.54 Å². The number of terminal acetylenes is 1. The van der Waals surface area contributed by atoms with E-state index in [0.717, 1.165) is 74.2 Å². The molecule has 65 heavy (non-hydrogen) atoms. The van der Waals surface area contributed by atoms with E-state index < -0.39 is 0 Å². The molecule has 1 N–H and O–H groups in total. The number of benzene rings is 9. The van der Waals surface area contributed by atoms with E-state index in [1.807, 2.05) is 0 Å². The van der Waals surface area contributed by atoms with Crippen LogP contribution in [0.2, 0.25) is 0 Å². The second-order valence-electron chi connectivity index (χ2n) is 16.5. The molecule has 11 rings (SSSR count). The van der Waals surface area contributed by atoms with Gasteiger partial charge in [0.2, 0.25) is 0 Å². The van der Waals surface area contributed by atoms with Crippen molar-refractivity contribution >= 4 is 89.1 Å². The monoisotopic (exact) mass is 837 g/mol. The number of aryl methyl sites for hydroxylation is 2. The first-order chi connectivity index (χ1) is 32.1. The molecule has 0 spiro atoms. The molecular formula is C60H47N5. The summed E-state index contributed by atoms with van der Waals surface area (Å²) < 4.78 is 4.65. The maximum absolute atomic E-state index is 5.91. The Kier molecular flexibility index (Phi) is 10.1. The van der Waals surface area contributed by atoms with Gasteiger partial charge >= 0.3 is 0 Å². The summed E-state index contributed by atoms with van der Waals surface area (Å²) in [5, 5.41) is 8.66. The zero-order valence-electron chi connectivity index (χ0n) is 36.5. The highest BCUT2D eigenvalue weighted by molar-refractivity contribution is 6.11. The third kappa shape index (κ3) is 7.03. The van der Waals surface area contributed by atoms with E-state index in [4.69, 9.17) is 6.42 Å². The smallest absolute Gasteiger partial charge is 0.0841 e. The highest BCUT2D eigenvalue weighted by Crippen LogP contribution is 2.45. The molecule has 0 atom stereocenters. The standard InChI is InChI=1S/C60H47N5/c1-4-37-63-58-28-18-16-26-51(58)55-41-49(33-36-60(55)63)65(45-23-13-8-14-24-45)47-31-34-56(61-43-19-9-6-10-20-43)53(39-47)52-38-46(30-29-42(52)3)64(44-21-11-7-12-22-44)48-32-35-59-54(40-48)50-25-15-17-27-57(50)62(59)5-2/h1,6-36,38-41,61H,5,37H2,2-3H3. The van der Waals surface area contributed by atoms with E-state index in [9.17, 15) is 0 Å². The Balaban J connectivity index is 1.10. The summed E-state index contributed by atoms with van der Waals surface area (Å²) in [7, 11) is 0. The van der Waals surface area contributed by atoms with Gasteiger partial charge in [-0.05, 0) is 140 Å². The van der Waals surface area contributed by atoms with Crippen molar-refractivity contribution in [3.8, 4) is 23.5 Å². The van der Waals surface area contributed by atoms with Gasteiger partial charge in [0.25, 0.3) is 0 Å². The molecule has 5 heteroatoms. The quantitative estimate of drug-likeness (QED) is 0.132. The summed E-state index contributed by atoms with van der Waals surface area (Å²) in [6.45, 7) is 5.84. The van der Waals surface area contributed by atoms with Crippen molar-refractivity contribution in [2.75, 3.05) is 15.1 Å². The van der Waals surface area contributed by atoms with Crippen LogP contribution in [0.3, 0.4) is 0 Å². The van der Waals surface area contributed by atoms with Crippen LogP contribution in [0.5, 0.6) is 0 Å². The molecule has 2 aromatic heterocycles. The Labute approximate surface area is 380 Å². The van der Waals surface area contributed by atoms with Crippen LogP contribution in [0, 0.1) is 19.3 Å². The van der Waals surface area contributed by atoms with Gasteiger partial charge in [0.15, 0.2) is 0 Å². The highest BCUT2D eigenvalue weighted by Gasteiger charge is 2.21. The van der Waals surface area contributed by atoms with E-state index in [2.05, 4.69) is 256 Å². The number of hydrogen-bond donors (Lipinski definition) is 1. The van der Waals surface area contributed by atoms with Crippen LogP contribution >= 0.6 is 0 Å². The van der Waals surface area contributed by atoms with E-state index in [1.165, 1.54) is 38.1 Å². The molecule has 0 bridgehead atoms. The van der Waals surface area contributed by atoms with Gasteiger partial charge in [-0.1, -0.05) is 103 Å². The third-order valence-electron chi connectivity index (χ3n) is 12.7. The lowest BCUT2D eigenvalue weighted by atomic mass is 9.96. The van der Waals surface area contributed by atoms with Gasteiger partial charge < -0.3 is 24.3 Å². The number of anilines is 8. The van der Waals surface area contributed by atoms with Crippen molar-refractivity contribution in [1.29, 1.82) is 0 Å². The third-order valence-corrected chi connectivity index (χ3v) is 12.7. The molecular weight excluding hydrogens is 791 g/mol. The minimum absolute atomic E-state index is 0.503. The van der Waals surface area contributed by atoms with Gasteiger partial charge in [-0.2, -0.15) is 0 Å². The molecule has 0 unspecified atom stereocenters. The summed E-state index contributed by atoms with van der Waals surface area (Å²) in [4.78, 5) is 4.75. The summed E-state index contributed by atoms with van der Waals surface area (Å²) in [6, 6.07) is 76.4. The molecule has 312 valence electrons. The van der Waals surface area contributed by atoms with Gasteiger partial charge in [-0.15, -0.1) is 6.42 Å². The van der Waals surface area contributed by atoms with Crippen molar-refractivity contribution in [1.82, 2.24) is 9.13 Å². The maximum Gasteiger partial charge on any atom is 0.0841 e. The van der Waals surface area contributed by atoms with Crippen molar-refractivity contribution in [2.45, 2.75) is 26.9 Å². The maximum atomic E-state index is 5.91. The minimum Gasteiger partial charge on any atom is -0.355 e. The Morgan fingerprint density at radius 3 is 1.45 bits per heavy atom. The fraction of sp³-hybridized carbons (Fsp3) is 0.0667. The minimum atomic E-state index is 0.503. The molecule has 0 amide bonds. The molecule has 0 saturated carbocycles. The Morgan fingerprint density at radius 2 is 0.877 bits per heavy atom. The first kappa shape index (κ1) is 39.4. The summed E-state index contributed by atoms with van der Waals surface area (Å²) >= 11 is 0. The summed E-state index contributed by atoms with van der Waals surface area (Å²) in [6.07, 6.45) is 5.91. The molecule has 0 aliphatic carbocycles. The van der Waals surface area contributed by atoms with Gasteiger partial charge in [0, 0.05) is 95.7 Å². The van der Waals surface area contributed by atoms with E-state index in [-0.39, 0.29) is 0 Å². The zero-order chi connectivity index (χ0) is 43.9. The molecule has 9 aromatic carbocycles. The lowest BCUT2D eigenvalue weighted by Gasteiger charge is -2.28. The highest BCUT2D eigenvalue weighted by atomic mass is 15.2. The number of fused-ring (bicyclic) bond motifs is 6.